The predicted octanol–water partition coefficient (Wildman–Crippen LogP) is 2.43. The number of aliphatic carboxylic acids is 1. The molecule has 0 amide bonds. The smallest absolute Gasteiger partial charge is 0.336 e. The van der Waals surface area contributed by atoms with E-state index in [1.807, 2.05) is 0 Å². The van der Waals surface area contributed by atoms with E-state index in [2.05, 4.69) is 0 Å². The summed E-state index contributed by atoms with van der Waals surface area (Å²) >= 11 is 0. The van der Waals surface area contributed by atoms with Crippen LogP contribution in [0.1, 0.15) is 22.8 Å². The Morgan fingerprint density at radius 1 is 1.12 bits per heavy atom. The van der Waals surface area contributed by atoms with E-state index in [0.29, 0.717) is 0 Å². The lowest BCUT2D eigenvalue weighted by atomic mass is 9.99. The Labute approximate surface area is 98.5 Å². The summed E-state index contributed by atoms with van der Waals surface area (Å²) in [6, 6.07) is 6.02. The van der Waals surface area contributed by atoms with Crippen molar-refractivity contribution in [1.29, 1.82) is 0 Å². The van der Waals surface area contributed by atoms with E-state index < -0.39 is 11.9 Å². The molecular weight excluding hydrogens is 220 g/mol. The molecule has 1 aromatic rings. The fourth-order valence-electron chi connectivity index (χ4n) is 1.37. The molecule has 0 saturated heterocycles. The van der Waals surface area contributed by atoms with E-state index in [9.17, 15) is 9.59 Å². The predicted molar refractivity (Wildman–Crippen MR) is 63.8 cm³/mol. The summed E-state index contributed by atoms with van der Waals surface area (Å²) in [5.41, 5.74) is 0.136. The van der Waals surface area contributed by atoms with Crippen LogP contribution < -0.4 is 0 Å². The second-order valence-electron chi connectivity index (χ2n) is 3.26. The van der Waals surface area contributed by atoms with Gasteiger partial charge < -0.3 is 10.2 Å². The first-order valence-corrected chi connectivity index (χ1v) is 4.97. The molecule has 0 fully saturated rings. The molecule has 4 nitrogen and oxygen atoms in total. The van der Waals surface area contributed by atoms with Gasteiger partial charge in [0.1, 0.15) is 0 Å². The molecule has 0 aliphatic rings. The molecule has 0 unspecified atom stereocenters. The van der Waals surface area contributed by atoms with E-state index in [4.69, 9.17) is 10.2 Å². The maximum Gasteiger partial charge on any atom is 0.336 e. The van der Waals surface area contributed by atoms with Crippen molar-refractivity contribution in [3.63, 3.8) is 0 Å². The van der Waals surface area contributed by atoms with Crippen LogP contribution in [0, 0.1) is 0 Å². The van der Waals surface area contributed by atoms with Gasteiger partial charge in [0, 0.05) is 5.56 Å². The van der Waals surface area contributed by atoms with Crippen molar-refractivity contribution in [1.82, 2.24) is 0 Å². The second kappa shape index (κ2) is 5.65. The van der Waals surface area contributed by atoms with Crippen LogP contribution in [0.4, 0.5) is 0 Å². The van der Waals surface area contributed by atoms with Gasteiger partial charge in [-0.3, -0.25) is 0 Å². The molecule has 1 rings (SSSR count). The number of rotatable bonds is 4. The number of hydrogen-bond donors (Lipinski definition) is 2. The molecule has 0 saturated carbocycles. The lowest BCUT2D eigenvalue weighted by Crippen LogP contribution is -2.06. The molecule has 88 valence electrons. The summed E-state index contributed by atoms with van der Waals surface area (Å²) in [5, 5.41) is 18.0. The Bertz CT molecular complexity index is 498. The molecule has 0 aromatic heterocycles. The normalized spacial score (nSPS) is 11.7. The Hall–Kier alpha value is -2.36. The zero-order valence-electron chi connectivity index (χ0n) is 9.25. The fraction of sp³-hybridized carbons (Fsp3) is 0.0769. The lowest BCUT2D eigenvalue weighted by Gasteiger charge is -2.05. The molecule has 0 aliphatic heterocycles. The van der Waals surface area contributed by atoms with Crippen LogP contribution in [0.2, 0.25) is 0 Å². The SMILES string of the molecule is C/C=C/C=C(/C(=O)O)c1ccccc1C(=O)O. The van der Waals surface area contributed by atoms with Crippen molar-refractivity contribution in [3.05, 3.63) is 53.6 Å². The number of allylic oxidation sites excluding steroid dienone is 3. The van der Waals surface area contributed by atoms with Crippen LogP contribution in [0.15, 0.2) is 42.5 Å². The molecule has 0 radical (unpaired) electrons. The van der Waals surface area contributed by atoms with Gasteiger partial charge in [-0.25, -0.2) is 9.59 Å². The number of aromatic carboxylic acids is 1. The van der Waals surface area contributed by atoms with Crippen LogP contribution in [0.3, 0.4) is 0 Å². The van der Waals surface area contributed by atoms with Crippen molar-refractivity contribution in [2.45, 2.75) is 6.92 Å². The van der Waals surface area contributed by atoms with Gasteiger partial charge in [0.25, 0.3) is 0 Å². The molecule has 17 heavy (non-hydrogen) atoms. The number of carbonyl (C=O) groups is 2. The molecule has 0 aliphatic carbocycles. The number of benzene rings is 1. The van der Waals surface area contributed by atoms with Gasteiger partial charge in [0.2, 0.25) is 0 Å². The molecular formula is C13H12O4. The average molecular weight is 232 g/mol. The van der Waals surface area contributed by atoms with Gasteiger partial charge in [-0.2, -0.15) is 0 Å². The molecule has 4 heteroatoms. The topological polar surface area (TPSA) is 74.6 Å². The van der Waals surface area contributed by atoms with E-state index in [-0.39, 0.29) is 16.7 Å². The van der Waals surface area contributed by atoms with Crippen LogP contribution in [0.25, 0.3) is 5.57 Å². The van der Waals surface area contributed by atoms with Crippen molar-refractivity contribution in [3.8, 4) is 0 Å². The maximum absolute atomic E-state index is 11.1. The highest BCUT2D eigenvalue weighted by Gasteiger charge is 2.16. The Kier molecular flexibility index (Phi) is 4.22. The first-order valence-electron chi connectivity index (χ1n) is 4.97. The fourth-order valence-corrected chi connectivity index (χ4v) is 1.37. The minimum Gasteiger partial charge on any atom is -0.478 e. The van der Waals surface area contributed by atoms with E-state index >= 15 is 0 Å². The Morgan fingerprint density at radius 3 is 2.18 bits per heavy atom. The van der Waals surface area contributed by atoms with Crippen molar-refractivity contribution < 1.29 is 19.8 Å². The van der Waals surface area contributed by atoms with Crippen LogP contribution in [-0.2, 0) is 4.79 Å². The summed E-state index contributed by atoms with van der Waals surface area (Å²) in [5.74, 6) is -2.30. The van der Waals surface area contributed by atoms with Gasteiger partial charge >= 0.3 is 11.9 Å². The molecule has 0 heterocycles. The van der Waals surface area contributed by atoms with Crippen molar-refractivity contribution >= 4 is 17.5 Å². The number of carboxylic acid groups (broad SMARTS) is 2. The first-order chi connectivity index (χ1) is 8.07. The Morgan fingerprint density at radius 2 is 1.71 bits per heavy atom. The highest BCUT2D eigenvalue weighted by molar-refractivity contribution is 6.18. The summed E-state index contributed by atoms with van der Waals surface area (Å²) in [4.78, 5) is 22.1. The summed E-state index contributed by atoms with van der Waals surface area (Å²) < 4.78 is 0. The summed E-state index contributed by atoms with van der Waals surface area (Å²) in [6.07, 6.45) is 4.61. The van der Waals surface area contributed by atoms with Crippen LogP contribution >= 0.6 is 0 Å². The van der Waals surface area contributed by atoms with Crippen LogP contribution in [0.5, 0.6) is 0 Å². The largest absolute Gasteiger partial charge is 0.478 e. The van der Waals surface area contributed by atoms with E-state index in [1.165, 1.54) is 18.2 Å². The zero-order chi connectivity index (χ0) is 12.8. The summed E-state index contributed by atoms with van der Waals surface area (Å²) in [6.45, 7) is 1.75. The molecule has 2 N–H and O–H groups in total. The standard InChI is InChI=1S/C13H12O4/c1-2-3-6-10(12(14)15)9-7-4-5-8-11(9)13(16)17/h2-8H,1H3,(H,14,15)(H,16,17)/b3-2+,10-6+. The summed E-state index contributed by atoms with van der Waals surface area (Å²) in [7, 11) is 0. The number of carboxylic acids is 2. The van der Waals surface area contributed by atoms with Gasteiger partial charge in [0.05, 0.1) is 11.1 Å². The first kappa shape index (κ1) is 12.7. The Balaban J connectivity index is 3.38. The highest BCUT2D eigenvalue weighted by atomic mass is 16.4. The quantitative estimate of drug-likeness (QED) is 0.617. The third-order valence-electron chi connectivity index (χ3n) is 2.13. The number of hydrogen-bond acceptors (Lipinski definition) is 2. The van der Waals surface area contributed by atoms with Gasteiger partial charge in [-0.15, -0.1) is 0 Å². The zero-order valence-corrected chi connectivity index (χ0v) is 9.25. The van der Waals surface area contributed by atoms with Crippen molar-refractivity contribution in [2.24, 2.45) is 0 Å². The third kappa shape index (κ3) is 3.04. The molecule has 1 aromatic carbocycles. The second-order valence-corrected chi connectivity index (χ2v) is 3.26. The molecule has 0 atom stereocenters. The minimum atomic E-state index is -1.16. The highest BCUT2D eigenvalue weighted by Crippen LogP contribution is 2.19. The maximum atomic E-state index is 11.1. The van der Waals surface area contributed by atoms with Gasteiger partial charge in [-0.1, -0.05) is 30.4 Å². The van der Waals surface area contributed by atoms with Gasteiger partial charge in [0.15, 0.2) is 0 Å². The van der Waals surface area contributed by atoms with E-state index in [0.717, 1.165) is 0 Å². The minimum absolute atomic E-state index is 0.0225. The molecule has 0 bridgehead atoms. The molecule has 0 spiro atoms. The van der Waals surface area contributed by atoms with Gasteiger partial charge in [-0.05, 0) is 19.1 Å². The third-order valence-corrected chi connectivity index (χ3v) is 2.13. The average Bonchev–Trinajstić information content (AvgIpc) is 2.29. The lowest BCUT2D eigenvalue weighted by molar-refractivity contribution is -0.130. The van der Waals surface area contributed by atoms with E-state index in [1.54, 1.807) is 31.2 Å². The van der Waals surface area contributed by atoms with Crippen LogP contribution in [-0.4, -0.2) is 22.2 Å². The van der Waals surface area contributed by atoms with Crippen molar-refractivity contribution in [2.75, 3.05) is 0 Å². The monoisotopic (exact) mass is 232 g/mol.